The van der Waals surface area contributed by atoms with Crippen molar-refractivity contribution < 1.29 is 14.6 Å². The molecule has 1 aliphatic carbocycles. The molecule has 0 spiro atoms. The zero-order chi connectivity index (χ0) is 20.5. The summed E-state index contributed by atoms with van der Waals surface area (Å²) in [5, 5.41) is 10.8. The topological polar surface area (TPSA) is 62.7 Å². The van der Waals surface area contributed by atoms with Gasteiger partial charge in [-0.3, -0.25) is 9.88 Å². The molecule has 0 saturated heterocycles. The third-order valence-corrected chi connectivity index (χ3v) is 5.37. The number of rotatable bonds is 6. The number of halogens is 2. The van der Waals surface area contributed by atoms with E-state index in [0.29, 0.717) is 27.9 Å². The van der Waals surface area contributed by atoms with Crippen LogP contribution in [0.2, 0.25) is 10.0 Å². The van der Waals surface area contributed by atoms with E-state index in [1.807, 2.05) is 26.8 Å². The molecular weight excluding hydrogens is 399 g/mol. The molecule has 1 aromatic heterocycles. The molecule has 150 valence electrons. The van der Waals surface area contributed by atoms with Gasteiger partial charge >= 0.3 is 6.09 Å². The van der Waals surface area contributed by atoms with Crippen LogP contribution in [0, 0.1) is 5.41 Å². The molecule has 0 unspecified atom stereocenters. The summed E-state index contributed by atoms with van der Waals surface area (Å²) in [6.45, 7) is 6.83. The molecule has 1 N–H and O–H groups in total. The lowest BCUT2D eigenvalue weighted by molar-refractivity contribution is 0.0719. The average molecular weight is 423 g/mol. The van der Waals surface area contributed by atoms with Gasteiger partial charge in [0.25, 0.3) is 0 Å². The van der Waals surface area contributed by atoms with E-state index in [0.717, 1.165) is 18.4 Å². The van der Waals surface area contributed by atoms with Crippen molar-refractivity contribution in [3.63, 3.8) is 0 Å². The molecule has 1 aromatic carbocycles. The molecule has 0 bridgehead atoms. The van der Waals surface area contributed by atoms with Gasteiger partial charge in [-0.25, -0.2) is 4.79 Å². The first-order valence-corrected chi connectivity index (χ1v) is 9.90. The van der Waals surface area contributed by atoms with E-state index >= 15 is 0 Å². The summed E-state index contributed by atoms with van der Waals surface area (Å²) in [6.07, 6.45) is 3.96. The van der Waals surface area contributed by atoms with Crippen LogP contribution in [0.5, 0.6) is 5.75 Å². The van der Waals surface area contributed by atoms with Crippen molar-refractivity contribution in [3.05, 3.63) is 46.7 Å². The van der Waals surface area contributed by atoms with E-state index in [9.17, 15) is 9.90 Å². The minimum absolute atomic E-state index is 0.129. The number of carboxylic acid groups (broad SMARTS) is 1. The second kappa shape index (κ2) is 7.80. The van der Waals surface area contributed by atoms with Gasteiger partial charge in [0.05, 0.1) is 11.7 Å². The molecule has 0 radical (unpaired) electrons. The number of hydrogen-bond acceptors (Lipinski definition) is 3. The summed E-state index contributed by atoms with van der Waals surface area (Å²) in [5.74, 6) is 0.556. The van der Waals surface area contributed by atoms with Crippen LogP contribution >= 0.6 is 23.2 Å². The number of amides is 1. The van der Waals surface area contributed by atoms with Gasteiger partial charge in [-0.2, -0.15) is 0 Å². The van der Waals surface area contributed by atoms with Crippen molar-refractivity contribution >= 4 is 29.3 Å². The van der Waals surface area contributed by atoms with E-state index in [1.165, 1.54) is 4.90 Å². The molecule has 1 aliphatic rings. The van der Waals surface area contributed by atoms with Crippen LogP contribution in [0.4, 0.5) is 4.79 Å². The molecule has 0 aliphatic heterocycles. The Morgan fingerprint density at radius 2 is 1.89 bits per heavy atom. The minimum Gasteiger partial charge on any atom is -0.490 e. The van der Waals surface area contributed by atoms with Gasteiger partial charge in [-0.05, 0) is 36.5 Å². The molecule has 1 amide bonds. The molecule has 0 atom stereocenters. The first-order chi connectivity index (χ1) is 13.1. The molecule has 5 nitrogen and oxygen atoms in total. The number of nitrogens with zero attached hydrogens (tertiary/aromatic N) is 2. The lowest BCUT2D eigenvalue weighted by Gasteiger charge is -2.34. The van der Waals surface area contributed by atoms with Gasteiger partial charge in [0, 0.05) is 33.9 Å². The summed E-state index contributed by atoms with van der Waals surface area (Å²) in [4.78, 5) is 17.6. The van der Waals surface area contributed by atoms with Crippen LogP contribution in [0.1, 0.15) is 33.6 Å². The normalized spacial score (nSPS) is 15.2. The molecule has 1 heterocycles. The molecule has 7 heteroatoms. The maximum Gasteiger partial charge on any atom is 0.407 e. The Morgan fingerprint density at radius 1 is 1.25 bits per heavy atom. The Hall–Kier alpha value is -1.98. The van der Waals surface area contributed by atoms with Crippen LogP contribution in [-0.4, -0.2) is 39.8 Å². The second-order valence-electron chi connectivity index (χ2n) is 8.45. The number of hydrogen-bond donors (Lipinski definition) is 1. The SMILES string of the molecule is CC(C)(C)CN(C(=O)O)C1(COc2cncc(-c3c(Cl)cccc3Cl)c2)CC1. The predicted molar refractivity (Wildman–Crippen MR) is 111 cm³/mol. The fourth-order valence-electron chi connectivity index (χ4n) is 3.17. The third kappa shape index (κ3) is 4.70. The predicted octanol–water partition coefficient (Wildman–Crippen LogP) is 5.99. The van der Waals surface area contributed by atoms with Crippen LogP contribution in [0.25, 0.3) is 11.1 Å². The molecular formula is C21H24Cl2N2O3. The van der Waals surface area contributed by atoms with Crippen LogP contribution in [0.15, 0.2) is 36.7 Å². The quantitative estimate of drug-likeness (QED) is 0.620. The highest BCUT2D eigenvalue weighted by atomic mass is 35.5. The Balaban J connectivity index is 1.77. The van der Waals surface area contributed by atoms with E-state index in [2.05, 4.69) is 4.98 Å². The fraction of sp³-hybridized carbons (Fsp3) is 0.429. The van der Waals surface area contributed by atoms with Crippen molar-refractivity contribution in [1.82, 2.24) is 9.88 Å². The Labute approximate surface area is 175 Å². The summed E-state index contributed by atoms with van der Waals surface area (Å²) < 4.78 is 5.97. The van der Waals surface area contributed by atoms with E-state index in [1.54, 1.807) is 30.6 Å². The van der Waals surface area contributed by atoms with Crippen molar-refractivity contribution in [2.45, 2.75) is 39.2 Å². The summed E-state index contributed by atoms with van der Waals surface area (Å²) in [5.41, 5.74) is 0.848. The standard InChI is InChI=1S/C21H24Cl2N2O3/c1-20(2,3)12-25(19(26)27)21(7-8-21)13-28-15-9-14(10-24-11-15)18-16(22)5-4-6-17(18)23/h4-6,9-11H,7-8,12-13H2,1-3H3,(H,26,27). The Morgan fingerprint density at radius 3 is 2.43 bits per heavy atom. The molecule has 1 fully saturated rings. The Bertz CT molecular complexity index is 856. The summed E-state index contributed by atoms with van der Waals surface area (Å²) >= 11 is 12.6. The minimum atomic E-state index is -0.911. The lowest BCUT2D eigenvalue weighted by Crippen LogP contribution is -2.48. The van der Waals surface area contributed by atoms with E-state index in [4.69, 9.17) is 27.9 Å². The number of carbonyl (C=O) groups is 1. The Kier molecular flexibility index (Phi) is 5.78. The number of aromatic nitrogens is 1. The number of pyridine rings is 1. The van der Waals surface area contributed by atoms with Crippen molar-refractivity contribution in [2.75, 3.05) is 13.2 Å². The van der Waals surface area contributed by atoms with Crippen molar-refractivity contribution in [1.29, 1.82) is 0 Å². The second-order valence-corrected chi connectivity index (χ2v) is 9.26. The summed E-state index contributed by atoms with van der Waals surface area (Å²) in [7, 11) is 0. The van der Waals surface area contributed by atoms with Gasteiger partial charge in [0.1, 0.15) is 12.4 Å². The smallest absolute Gasteiger partial charge is 0.407 e. The maximum absolute atomic E-state index is 11.8. The largest absolute Gasteiger partial charge is 0.490 e. The maximum atomic E-state index is 11.8. The first kappa shape index (κ1) is 20.7. The first-order valence-electron chi connectivity index (χ1n) is 9.14. The number of ether oxygens (including phenoxy) is 1. The highest BCUT2D eigenvalue weighted by Crippen LogP contribution is 2.44. The molecule has 28 heavy (non-hydrogen) atoms. The molecule has 2 aromatic rings. The number of benzene rings is 1. The van der Waals surface area contributed by atoms with Gasteiger partial charge < -0.3 is 9.84 Å². The zero-order valence-electron chi connectivity index (χ0n) is 16.2. The molecule has 1 saturated carbocycles. The zero-order valence-corrected chi connectivity index (χ0v) is 17.7. The highest BCUT2D eigenvalue weighted by molar-refractivity contribution is 6.39. The van der Waals surface area contributed by atoms with Gasteiger partial charge in [-0.15, -0.1) is 0 Å². The average Bonchev–Trinajstić information content (AvgIpc) is 3.38. The van der Waals surface area contributed by atoms with Gasteiger partial charge in [0.2, 0.25) is 0 Å². The van der Waals surface area contributed by atoms with Gasteiger partial charge in [0.15, 0.2) is 0 Å². The third-order valence-electron chi connectivity index (χ3n) is 4.74. The summed E-state index contributed by atoms with van der Waals surface area (Å²) in [6, 6.07) is 7.15. The van der Waals surface area contributed by atoms with Crippen LogP contribution < -0.4 is 4.74 Å². The monoisotopic (exact) mass is 422 g/mol. The van der Waals surface area contributed by atoms with Crippen molar-refractivity contribution in [2.24, 2.45) is 5.41 Å². The highest BCUT2D eigenvalue weighted by Gasteiger charge is 2.52. The lowest BCUT2D eigenvalue weighted by atomic mass is 9.95. The fourth-order valence-corrected chi connectivity index (χ4v) is 3.79. The van der Waals surface area contributed by atoms with Crippen LogP contribution in [0.3, 0.4) is 0 Å². The van der Waals surface area contributed by atoms with E-state index < -0.39 is 11.6 Å². The van der Waals surface area contributed by atoms with E-state index in [-0.39, 0.29) is 12.0 Å². The van der Waals surface area contributed by atoms with Crippen molar-refractivity contribution in [3.8, 4) is 16.9 Å². The van der Waals surface area contributed by atoms with Crippen LogP contribution in [-0.2, 0) is 0 Å². The molecule has 3 rings (SSSR count). The van der Waals surface area contributed by atoms with Gasteiger partial charge in [-0.1, -0.05) is 50.0 Å².